The van der Waals surface area contributed by atoms with Crippen LogP contribution in [0.5, 0.6) is 5.75 Å². The highest BCUT2D eigenvalue weighted by atomic mass is 19.1. The topological polar surface area (TPSA) is 56.4 Å². The molecule has 1 atom stereocenters. The van der Waals surface area contributed by atoms with Crippen molar-refractivity contribution < 1.29 is 14.2 Å². The molecule has 0 bridgehead atoms. The number of methoxy groups -OCH3 is 1. The Hall–Kier alpha value is -2.86. The maximum atomic E-state index is 13.8. The molecule has 0 amide bonds. The van der Waals surface area contributed by atoms with E-state index in [-0.39, 0.29) is 18.0 Å². The highest BCUT2D eigenvalue weighted by Gasteiger charge is 2.16. The first-order chi connectivity index (χ1) is 12.0. The predicted octanol–water partition coefficient (Wildman–Crippen LogP) is 2.83. The van der Waals surface area contributed by atoms with Crippen molar-refractivity contribution in [2.75, 3.05) is 7.11 Å². The summed E-state index contributed by atoms with van der Waals surface area (Å²) < 4.78 is 21.7. The SMILES string of the molecule is COc1ccc(C(O)Cn2cc(C)n(-c3ccccc3)c2=O)cc1F. The molecule has 1 aromatic heterocycles. The molecule has 1 heterocycles. The summed E-state index contributed by atoms with van der Waals surface area (Å²) in [7, 11) is 1.38. The zero-order valence-corrected chi connectivity index (χ0v) is 14.0. The standard InChI is InChI=1S/C19H19FN2O3/c1-13-11-21(19(24)22(13)15-6-4-3-5-7-15)12-17(23)14-8-9-18(25-2)16(20)10-14/h3-11,17,23H,12H2,1-2H3. The van der Waals surface area contributed by atoms with Crippen LogP contribution in [0.1, 0.15) is 17.4 Å². The third-order valence-electron chi connectivity index (χ3n) is 4.08. The number of aliphatic hydroxyl groups is 1. The summed E-state index contributed by atoms with van der Waals surface area (Å²) in [6.07, 6.45) is 0.669. The number of rotatable bonds is 5. The van der Waals surface area contributed by atoms with Crippen LogP contribution >= 0.6 is 0 Å². The Morgan fingerprint density at radius 1 is 1.20 bits per heavy atom. The number of halogens is 1. The van der Waals surface area contributed by atoms with Gasteiger partial charge in [-0.15, -0.1) is 0 Å². The first kappa shape index (κ1) is 17.0. The van der Waals surface area contributed by atoms with Gasteiger partial charge in [0.05, 0.1) is 25.4 Å². The van der Waals surface area contributed by atoms with E-state index in [0.717, 1.165) is 11.4 Å². The van der Waals surface area contributed by atoms with Crippen LogP contribution in [0.25, 0.3) is 5.69 Å². The summed E-state index contributed by atoms with van der Waals surface area (Å²) in [6, 6.07) is 13.5. The molecule has 130 valence electrons. The molecule has 0 radical (unpaired) electrons. The molecule has 1 unspecified atom stereocenters. The van der Waals surface area contributed by atoms with Crippen LogP contribution in [0.3, 0.4) is 0 Å². The summed E-state index contributed by atoms with van der Waals surface area (Å²) in [5, 5.41) is 10.4. The normalized spacial score (nSPS) is 12.2. The van der Waals surface area contributed by atoms with E-state index in [9.17, 15) is 14.3 Å². The summed E-state index contributed by atoms with van der Waals surface area (Å²) in [5.41, 5.74) is 1.64. The number of imidazole rings is 1. The van der Waals surface area contributed by atoms with Gasteiger partial charge in [-0.25, -0.2) is 9.18 Å². The number of aryl methyl sites for hydroxylation is 1. The van der Waals surface area contributed by atoms with Crippen molar-refractivity contribution in [3.05, 3.63) is 82.3 Å². The van der Waals surface area contributed by atoms with Gasteiger partial charge in [0.25, 0.3) is 0 Å². The lowest BCUT2D eigenvalue weighted by Crippen LogP contribution is -2.25. The number of hydrogen-bond donors (Lipinski definition) is 1. The van der Waals surface area contributed by atoms with Crippen molar-refractivity contribution in [1.82, 2.24) is 9.13 Å². The molecule has 0 fully saturated rings. The summed E-state index contributed by atoms with van der Waals surface area (Å²) in [6.45, 7) is 1.86. The lowest BCUT2D eigenvalue weighted by atomic mass is 10.1. The number of aromatic nitrogens is 2. The van der Waals surface area contributed by atoms with Gasteiger partial charge in [-0.05, 0) is 36.8 Å². The van der Waals surface area contributed by atoms with Crippen molar-refractivity contribution in [3.63, 3.8) is 0 Å². The largest absolute Gasteiger partial charge is 0.494 e. The molecule has 0 aliphatic heterocycles. The van der Waals surface area contributed by atoms with Crippen LogP contribution in [-0.4, -0.2) is 21.4 Å². The molecular weight excluding hydrogens is 323 g/mol. The fourth-order valence-corrected chi connectivity index (χ4v) is 2.82. The second kappa shape index (κ2) is 6.94. The molecule has 0 spiro atoms. The molecule has 0 saturated carbocycles. The molecule has 6 heteroatoms. The number of ether oxygens (including phenoxy) is 1. The van der Waals surface area contributed by atoms with E-state index in [1.807, 2.05) is 37.3 Å². The number of aliphatic hydroxyl groups excluding tert-OH is 1. The zero-order valence-electron chi connectivity index (χ0n) is 14.0. The van der Waals surface area contributed by atoms with Crippen molar-refractivity contribution >= 4 is 0 Å². The average molecular weight is 342 g/mol. The van der Waals surface area contributed by atoms with Gasteiger partial charge >= 0.3 is 5.69 Å². The van der Waals surface area contributed by atoms with E-state index >= 15 is 0 Å². The van der Waals surface area contributed by atoms with Crippen LogP contribution in [0.15, 0.2) is 59.5 Å². The predicted molar refractivity (Wildman–Crippen MR) is 92.7 cm³/mol. The molecule has 3 rings (SSSR count). The Morgan fingerprint density at radius 2 is 1.92 bits per heavy atom. The first-order valence-electron chi connectivity index (χ1n) is 7.87. The second-order valence-corrected chi connectivity index (χ2v) is 5.79. The average Bonchev–Trinajstić information content (AvgIpc) is 2.89. The van der Waals surface area contributed by atoms with Crippen LogP contribution in [0.4, 0.5) is 4.39 Å². The maximum absolute atomic E-state index is 13.8. The minimum Gasteiger partial charge on any atom is -0.494 e. The van der Waals surface area contributed by atoms with Crippen molar-refractivity contribution in [2.24, 2.45) is 0 Å². The van der Waals surface area contributed by atoms with E-state index < -0.39 is 11.9 Å². The van der Waals surface area contributed by atoms with Gasteiger partial charge in [-0.1, -0.05) is 24.3 Å². The zero-order chi connectivity index (χ0) is 18.0. The van der Waals surface area contributed by atoms with Crippen molar-refractivity contribution in [2.45, 2.75) is 19.6 Å². The Balaban J connectivity index is 1.89. The van der Waals surface area contributed by atoms with E-state index in [2.05, 4.69) is 0 Å². The van der Waals surface area contributed by atoms with Crippen molar-refractivity contribution in [3.8, 4) is 11.4 Å². The first-order valence-corrected chi connectivity index (χ1v) is 7.87. The molecule has 25 heavy (non-hydrogen) atoms. The molecule has 0 aliphatic rings. The van der Waals surface area contributed by atoms with Gasteiger partial charge in [0.2, 0.25) is 0 Å². The second-order valence-electron chi connectivity index (χ2n) is 5.79. The van der Waals surface area contributed by atoms with Gasteiger partial charge in [0, 0.05) is 11.9 Å². The Bertz CT molecular complexity index is 932. The smallest absolute Gasteiger partial charge is 0.333 e. The quantitative estimate of drug-likeness (QED) is 0.776. The molecule has 0 aliphatic carbocycles. The molecule has 5 nitrogen and oxygen atoms in total. The molecule has 3 aromatic rings. The number of nitrogens with zero attached hydrogens (tertiary/aromatic N) is 2. The van der Waals surface area contributed by atoms with Gasteiger partial charge in [0.1, 0.15) is 0 Å². The number of hydrogen-bond acceptors (Lipinski definition) is 3. The Morgan fingerprint density at radius 3 is 2.56 bits per heavy atom. The fourth-order valence-electron chi connectivity index (χ4n) is 2.82. The van der Waals surface area contributed by atoms with E-state index in [4.69, 9.17) is 4.74 Å². The molecular formula is C19H19FN2O3. The minimum atomic E-state index is -1.01. The Labute approximate surface area is 144 Å². The van der Waals surface area contributed by atoms with Crippen LogP contribution in [-0.2, 0) is 6.54 Å². The number of para-hydroxylation sites is 1. The van der Waals surface area contributed by atoms with Gasteiger partial charge < -0.3 is 9.84 Å². The van der Waals surface area contributed by atoms with Gasteiger partial charge in [-0.3, -0.25) is 9.13 Å². The highest BCUT2D eigenvalue weighted by molar-refractivity contribution is 5.33. The van der Waals surface area contributed by atoms with E-state index in [0.29, 0.717) is 5.56 Å². The Kier molecular flexibility index (Phi) is 4.72. The third kappa shape index (κ3) is 3.34. The van der Waals surface area contributed by atoms with Gasteiger partial charge in [-0.2, -0.15) is 0 Å². The minimum absolute atomic E-state index is 0.0330. The number of benzene rings is 2. The molecule has 2 aromatic carbocycles. The van der Waals surface area contributed by atoms with Crippen LogP contribution < -0.4 is 10.4 Å². The van der Waals surface area contributed by atoms with Crippen LogP contribution in [0, 0.1) is 12.7 Å². The van der Waals surface area contributed by atoms with E-state index in [1.165, 1.54) is 23.8 Å². The summed E-state index contributed by atoms with van der Waals surface area (Å²) in [4.78, 5) is 12.6. The summed E-state index contributed by atoms with van der Waals surface area (Å²) >= 11 is 0. The van der Waals surface area contributed by atoms with E-state index in [1.54, 1.807) is 16.8 Å². The lowest BCUT2D eigenvalue weighted by Gasteiger charge is -2.12. The van der Waals surface area contributed by atoms with Crippen LogP contribution in [0.2, 0.25) is 0 Å². The molecule has 0 saturated heterocycles. The third-order valence-corrected chi connectivity index (χ3v) is 4.08. The van der Waals surface area contributed by atoms with Gasteiger partial charge in [0.15, 0.2) is 11.6 Å². The monoisotopic (exact) mass is 342 g/mol. The summed E-state index contributed by atoms with van der Waals surface area (Å²) in [5.74, 6) is -0.441. The fraction of sp³-hybridized carbons (Fsp3) is 0.211. The molecule has 1 N–H and O–H groups in total. The highest BCUT2D eigenvalue weighted by Crippen LogP contribution is 2.22. The van der Waals surface area contributed by atoms with Crippen molar-refractivity contribution in [1.29, 1.82) is 0 Å². The lowest BCUT2D eigenvalue weighted by molar-refractivity contribution is 0.154. The maximum Gasteiger partial charge on any atom is 0.333 e.